The van der Waals surface area contributed by atoms with E-state index < -0.39 is 15.8 Å². The highest BCUT2D eigenvalue weighted by Crippen LogP contribution is 2.25. The van der Waals surface area contributed by atoms with Crippen molar-refractivity contribution < 1.29 is 12.8 Å². The third-order valence-corrected chi connectivity index (χ3v) is 5.30. The number of hydrogen-bond donors (Lipinski definition) is 1. The molecule has 1 saturated heterocycles. The van der Waals surface area contributed by atoms with Gasteiger partial charge < -0.3 is 5.32 Å². The highest BCUT2D eigenvalue weighted by Gasteiger charge is 2.28. The molecule has 108 valence electrons. The zero-order valence-corrected chi connectivity index (χ0v) is 12.6. The van der Waals surface area contributed by atoms with E-state index >= 15 is 0 Å². The van der Waals surface area contributed by atoms with Crippen molar-refractivity contribution in [3.05, 3.63) is 29.1 Å². The molecule has 0 saturated carbocycles. The Balaban J connectivity index is 0.00000180. The minimum absolute atomic E-state index is 0. The highest BCUT2D eigenvalue weighted by molar-refractivity contribution is 7.89. The summed E-state index contributed by atoms with van der Waals surface area (Å²) < 4.78 is 39.7. The Bertz CT molecular complexity index is 534. The first-order chi connectivity index (χ1) is 8.43. The average molecular weight is 309 g/mol. The fraction of sp³-hybridized carbons (Fsp3) is 0.500. The Kier molecular flexibility index (Phi) is 5.32. The van der Waals surface area contributed by atoms with Crippen molar-refractivity contribution in [1.82, 2.24) is 9.62 Å². The number of sulfonamides is 1. The SMILES string of the molecule is Cc1cc(F)cc(C)c1S(=O)(=O)N1CCNCC1.Cl. The number of nitrogens with one attached hydrogen (secondary N) is 1. The predicted octanol–water partition coefficient (Wildman–Crippen LogP) is 1.46. The lowest BCUT2D eigenvalue weighted by atomic mass is 10.1. The van der Waals surface area contributed by atoms with E-state index in [1.165, 1.54) is 16.4 Å². The fourth-order valence-corrected chi connectivity index (χ4v) is 4.17. The topological polar surface area (TPSA) is 49.4 Å². The number of halogens is 2. The number of nitrogens with zero attached hydrogens (tertiary/aromatic N) is 1. The summed E-state index contributed by atoms with van der Waals surface area (Å²) in [5.41, 5.74) is 0.928. The highest BCUT2D eigenvalue weighted by atomic mass is 35.5. The first-order valence-electron chi connectivity index (χ1n) is 5.90. The first kappa shape index (κ1) is 16.4. The Labute approximate surface area is 119 Å². The molecule has 0 aliphatic carbocycles. The Morgan fingerprint density at radius 3 is 2.11 bits per heavy atom. The number of piperazine rings is 1. The molecule has 2 rings (SSSR count). The van der Waals surface area contributed by atoms with Gasteiger partial charge in [0.2, 0.25) is 10.0 Å². The van der Waals surface area contributed by atoms with Crippen LogP contribution in [0.4, 0.5) is 4.39 Å². The lowest BCUT2D eigenvalue weighted by Gasteiger charge is -2.27. The van der Waals surface area contributed by atoms with Gasteiger partial charge in [-0.25, -0.2) is 12.8 Å². The molecule has 0 spiro atoms. The van der Waals surface area contributed by atoms with Crippen LogP contribution in [-0.2, 0) is 10.0 Å². The summed E-state index contributed by atoms with van der Waals surface area (Å²) in [6.07, 6.45) is 0. The number of rotatable bonds is 2. The molecule has 1 aliphatic rings. The van der Waals surface area contributed by atoms with Gasteiger partial charge in [-0.3, -0.25) is 0 Å². The van der Waals surface area contributed by atoms with E-state index in [4.69, 9.17) is 0 Å². The maximum Gasteiger partial charge on any atom is 0.243 e. The van der Waals surface area contributed by atoms with Gasteiger partial charge >= 0.3 is 0 Å². The average Bonchev–Trinajstić information content (AvgIpc) is 2.28. The number of benzene rings is 1. The largest absolute Gasteiger partial charge is 0.314 e. The van der Waals surface area contributed by atoms with Crippen molar-refractivity contribution in [3.63, 3.8) is 0 Å². The van der Waals surface area contributed by atoms with Gasteiger partial charge in [0.05, 0.1) is 4.90 Å². The number of hydrogen-bond acceptors (Lipinski definition) is 3. The van der Waals surface area contributed by atoms with E-state index in [0.29, 0.717) is 37.3 Å². The standard InChI is InChI=1S/C12H17FN2O2S.ClH/c1-9-7-11(13)8-10(2)12(9)18(16,17)15-5-3-14-4-6-15;/h7-8,14H,3-6H2,1-2H3;1H. The normalized spacial score (nSPS) is 17.0. The van der Waals surface area contributed by atoms with Gasteiger partial charge in [0.1, 0.15) is 5.82 Å². The third-order valence-electron chi connectivity index (χ3n) is 3.10. The molecule has 1 N–H and O–H groups in total. The summed E-state index contributed by atoms with van der Waals surface area (Å²) in [7, 11) is -3.51. The maximum absolute atomic E-state index is 13.2. The predicted molar refractivity (Wildman–Crippen MR) is 74.8 cm³/mol. The summed E-state index contributed by atoms with van der Waals surface area (Å²) in [4.78, 5) is 0.241. The van der Waals surface area contributed by atoms with Crippen LogP contribution in [0, 0.1) is 19.7 Å². The molecule has 0 aromatic heterocycles. The molecule has 0 bridgehead atoms. The van der Waals surface area contributed by atoms with Gasteiger partial charge in [0.15, 0.2) is 0 Å². The van der Waals surface area contributed by atoms with E-state index in [-0.39, 0.29) is 17.3 Å². The molecule has 4 nitrogen and oxygen atoms in total. The van der Waals surface area contributed by atoms with Gasteiger partial charge in [-0.2, -0.15) is 4.31 Å². The molecule has 0 unspecified atom stereocenters. The van der Waals surface area contributed by atoms with Gasteiger partial charge in [-0.05, 0) is 37.1 Å². The Morgan fingerprint density at radius 1 is 1.16 bits per heavy atom. The monoisotopic (exact) mass is 308 g/mol. The lowest BCUT2D eigenvalue weighted by Crippen LogP contribution is -2.46. The van der Waals surface area contributed by atoms with Crippen molar-refractivity contribution in [3.8, 4) is 0 Å². The summed E-state index contributed by atoms with van der Waals surface area (Å²) in [5, 5.41) is 3.11. The van der Waals surface area contributed by atoms with Crippen LogP contribution in [0.25, 0.3) is 0 Å². The molecule has 0 radical (unpaired) electrons. The van der Waals surface area contributed by atoms with Crippen LogP contribution in [0.2, 0.25) is 0 Å². The first-order valence-corrected chi connectivity index (χ1v) is 7.34. The zero-order valence-electron chi connectivity index (χ0n) is 10.9. The molecule has 0 amide bonds. The second kappa shape index (κ2) is 6.17. The quantitative estimate of drug-likeness (QED) is 0.900. The smallest absolute Gasteiger partial charge is 0.243 e. The van der Waals surface area contributed by atoms with Crippen LogP contribution in [-0.4, -0.2) is 38.9 Å². The molecule has 19 heavy (non-hydrogen) atoms. The van der Waals surface area contributed by atoms with Crippen LogP contribution in [0.5, 0.6) is 0 Å². The molecule has 1 heterocycles. The Morgan fingerprint density at radius 2 is 1.63 bits per heavy atom. The fourth-order valence-electron chi connectivity index (χ4n) is 2.32. The molecule has 1 aliphatic heterocycles. The van der Waals surface area contributed by atoms with Crippen molar-refractivity contribution in [2.24, 2.45) is 0 Å². The summed E-state index contributed by atoms with van der Waals surface area (Å²) in [5.74, 6) is -0.399. The van der Waals surface area contributed by atoms with Crippen LogP contribution < -0.4 is 5.32 Å². The van der Waals surface area contributed by atoms with Gasteiger partial charge in [-0.1, -0.05) is 0 Å². The molecule has 1 fully saturated rings. The van der Waals surface area contributed by atoms with Crippen LogP contribution in [0.15, 0.2) is 17.0 Å². The van der Waals surface area contributed by atoms with Crippen molar-refractivity contribution in [1.29, 1.82) is 0 Å². The lowest BCUT2D eigenvalue weighted by molar-refractivity contribution is 0.360. The van der Waals surface area contributed by atoms with Crippen molar-refractivity contribution in [2.75, 3.05) is 26.2 Å². The van der Waals surface area contributed by atoms with Gasteiger partial charge in [0, 0.05) is 26.2 Å². The summed E-state index contributed by atoms with van der Waals surface area (Å²) in [6.45, 7) is 5.48. The van der Waals surface area contributed by atoms with Crippen LogP contribution in [0.3, 0.4) is 0 Å². The molecule has 1 aromatic carbocycles. The van der Waals surface area contributed by atoms with Crippen molar-refractivity contribution >= 4 is 22.4 Å². The molecular weight excluding hydrogens is 291 g/mol. The maximum atomic E-state index is 13.2. The minimum atomic E-state index is -3.51. The zero-order chi connectivity index (χ0) is 13.3. The van der Waals surface area contributed by atoms with E-state index in [0.717, 1.165) is 0 Å². The summed E-state index contributed by atoms with van der Waals surface area (Å²) >= 11 is 0. The molecule has 7 heteroatoms. The van der Waals surface area contributed by atoms with E-state index in [2.05, 4.69) is 5.32 Å². The molecular formula is C12H18ClFN2O2S. The number of aryl methyl sites for hydroxylation is 2. The van der Waals surface area contributed by atoms with Crippen LogP contribution >= 0.6 is 12.4 Å². The van der Waals surface area contributed by atoms with Crippen molar-refractivity contribution in [2.45, 2.75) is 18.7 Å². The van der Waals surface area contributed by atoms with E-state index in [1.54, 1.807) is 13.8 Å². The minimum Gasteiger partial charge on any atom is -0.314 e. The van der Waals surface area contributed by atoms with E-state index in [9.17, 15) is 12.8 Å². The van der Waals surface area contributed by atoms with Crippen LogP contribution in [0.1, 0.15) is 11.1 Å². The molecule has 1 aromatic rings. The molecule has 0 atom stereocenters. The van der Waals surface area contributed by atoms with Gasteiger partial charge in [0.25, 0.3) is 0 Å². The second-order valence-electron chi connectivity index (χ2n) is 4.52. The Hall–Kier alpha value is -0.690. The summed E-state index contributed by atoms with van der Waals surface area (Å²) in [6, 6.07) is 2.53. The van der Waals surface area contributed by atoms with E-state index in [1.807, 2.05) is 0 Å². The second-order valence-corrected chi connectivity index (χ2v) is 6.40. The van der Waals surface area contributed by atoms with Gasteiger partial charge in [-0.15, -0.1) is 12.4 Å². The third kappa shape index (κ3) is 3.25.